The zero-order valence-electron chi connectivity index (χ0n) is 18.1. The number of carbonyl (C=O) groups excluding carboxylic acids is 2. The van der Waals surface area contributed by atoms with Crippen LogP contribution in [0.15, 0.2) is 73.5 Å². The molecule has 0 fully saturated rings. The number of furan rings is 1. The summed E-state index contributed by atoms with van der Waals surface area (Å²) in [5.41, 5.74) is 6.70. The Labute approximate surface area is 204 Å². The number of hydrazone groups is 1. The average molecular weight is 545 g/mol. The third kappa shape index (κ3) is 5.05. The van der Waals surface area contributed by atoms with Gasteiger partial charge in [0, 0.05) is 27.6 Å². The average Bonchev–Trinajstić information content (AvgIpc) is 3.19. The SMILES string of the molecule is Cc1c(C(=O)NNC(=O)c2ccc(Br)cc2)oc2c1/C(=N/NS(=O)(=O)c1ccccc1)CCC2. The van der Waals surface area contributed by atoms with Crippen molar-refractivity contribution in [3.63, 3.8) is 0 Å². The van der Waals surface area contributed by atoms with Gasteiger partial charge in [-0.05, 0) is 56.2 Å². The van der Waals surface area contributed by atoms with Crippen molar-refractivity contribution in [3.05, 3.63) is 87.3 Å². The molecule has 1 aliphatic carbocycles. The molecule has 2 amide bonds. The van der Waals surface area contributed by atoms with Gasteiger partial charge in [0.25, 0.3) is 15.9 Å². The summed E-state index contributed by atoms with van der Waals surface area (Å²) in [5, 5.41) is 4.14. The van der Waals surface area contributed by atoms with Gasteiger partial charge in [0.05, 0.1) is 10.6 Å². The zero-order valence-corrected chi connectivity index (χ0v) is 20.5. The Bertz CT molecular complexity index is 1370. The summed E-state index contributed by atoms with van der Waals surface area (Å²) in [4.78, 5) is 27.3. The number of carbonyl (C=O) groups is 2. The second-order valence-electron chi connectivity index (χ2n) is 7.59. The van der Waals surface area contributed by atoms with Crippen LogP contribution in [0.2, 0.25) is 0 Å². The van der Waals surface area contributed by atoms with Crippen molar-refractivity contribution in [2.24, 2.45) is 5.10 Å². The number of hydrogen-bond acceptors (Lipinski definition) is 6. The van der Waals surface area contributed by atoms with Crippen LogP contribution in [0.1, 0.15) is 50.6 Å². The standard InChI is InChI=1S/C23H21BrN4O5S/c1-14-20-18(25-28-34(31,32)17-6-3-2-4-7-17)8-5-9-19(20)33-21(14)23(30)27-26-22(29)15-10-12-16(24)13-11-15/h2-4,6-7,10-13,28H,5,8-9H2,1H3,(H,26,29)(H,27,30)/b25-18+. The Kier molecular flexibility index (Phi) is 6.85. The molecule has 1 aromatic heterocycles. The molecule has 0 saturated heterocycles. The Morgan fingerprint density at radius 3 is 2.35 bits per heavy atom. The molecule has 3 aromatic rings. The van der Waals surface area contributed by atoms with Crippen LogP contribution in [0, 0.1) is 6.92 Å². The van der Waals surface area contributed by atoms with E-state index in [1.54, 1.807) is 49.4 Å². The summed E-state index contributed by atoms with van der Waals surface area (Å²) in [6.07, 6.45) is 1.79. The number of amides is 2. The van der Waals surface area contributed by atoms with E-state index in [1.807, 2.05) is 0 Å². The number of nitrogens with one attached hydrogen (secondary N) is 3. The molecule has 0 bridgehead atoms. The van der Waals surface area contributed by atoms with Gasteiger partial charge in [-0.25, -0.2) is 0 Å². The molecule has 1 heterocycles. The monoisotopic (exact) mass is 544 g/mol. The largest absolute Gasteiger partial charge is 0.455 e. The summed E-state index contributed by atoms with van der Waals surface area (Å²) in [6.45, 7) is 1.69. The fourth-order valence-electron chi connectivity index (χ4n) is 3.61. The maximum absolute atomic E-state index is 12.7. The van der Waals surface area contributed by atoms with E-state index in [0.29, 0.717) is 47.4 Å². The number of nitrogens with zero attached hydrogens (tertiary/aromatic N) is 1. The highest BCUT2D eigenvalue weighted by molar-refractivity contribution is 9.10. The predicted octanol–water partition coefficient (Wildman–Crippen LogP) is 3.44. The van der Waals surface area contributed by atoms with E-state index in [9.17, 15) is 18.0 Å². The van der Waals surface area contributed by atoms with Gasteiger partial charge in [-0.3, -0.25) is 20.4 Å². The summed E-state index contributed by atoms with van der Waals surface area (Å²) >= 11 is 3.30. The van der Waals surface area contributed by atoms with Gasteiger partial charge in [-0.1, -0.05) is 34.1 Å². The maximum Gasteiger partial charge on any atom is 0.305 e. The third-order valence-electron chi connectivity index (χ3n) is 5.28. The van der Waals surface area contributed by atoms with Gasteiger partial charge in [-0.2, -0.15) is 18.4 Å². The predicted molar refractivity (Wildman–Crippen MR) is 129 cm³/mol. The van der Waals surface area contributed by atoms with Crippen LogP contribution in [-0.2, 0) is 16.4 Å². The topological polar surface area (TPSA) is 130 Å². The van der Waals surface area contributed by atoms with Crippen LogP contribution in [0.3, 0.4) is 0 Å². The molecule has 2 aromatic carbocycles. The first-order chi connectivity index (χ1) is 16.3. The van der Waals surface area contributed by atoms with Gasteiger partial charge in [0.1, 0.15) is 5.76 Å². The molecule has 0 unspecified atom stereocenters. The van der Waals surface area contributed by atoms with Crippen molar-refractivity contribution in [3.8, 4) is 0 Å². The molecule has 1 aliphatic rings. The first-order valence-electron chi connectivity index (χ1n) is 10.4. The van der Waals surface area contributed by atoms with Crippen LogP contribution >= 0.6 is 15.9 Å². The van der Waals surface area contributed by atoms with Crippen molar-refractivity contribution in [1.82, 2.24) is 15.7 Å². The van der Waals surface area contributed by atoms with E-state index >= 15 is 0 Å². The molecular formula is C23H21BrN4O5S. The molecule has 3 N–H and O–H groups in total. The van der Waals surface area contributed by atoms with Crippen LogP contribution in [0.25, 0.3) is 0 Å². The van der Waals surface area contributed by atoms with E-state index in [0.717, 1.165) is 4.47 Å². The van der Waals surface area contributed by atoms with E-state index < -0.39 is 21.8 Å². The van der Waals surface area contributed by atoms with E-state index in [1.165, 1.54) is 12.1 Å². The second kappa shape index (κ2) is 9.82. The van der Waals surface area contributed by atoms with Crippen LogP contribution in [0.5, 0.6) is 0 Å². The minimum Gasteiger partial charge on any atom is -0.455 e. The summed E-state index contributed by atoms with van der Waals surface area (Å²) < 4.78 is 31.6. The van der Waals surface area contributed by atoms with Crippen LogP contribution < -0.4 is 15.7 Å². The molecule has 0 spiro atoms. The molecule has 0 radical (unpaired) electrons. The maximum atomic E-state index is 12.7. The second-order valence-corrected chi connectivity index (χ2v) is 10.2. The van der Waals surface area contributed by atoms with E-state index in [4.69, 9.17) is 4.42 Å². The highest BCUT2D eigenvalue weighted by atomic mass is 79.9. The lowest BCUT2D eigenvalue weighted by Gasteiger charge is -2.14. The summed E-state index contributed by atoms with van der Waals surface area (Å²) in [7, 11) is -3.83. The first-order valence-corrected chi connectivity index (χ1v) is 12.7. The van der Waals surface area contributed by atoms with Gasteiger partial charge in [0.15, 0.2) is 5.76 Å². The van der Waals surface area contributed by atoms with E-state index in [2.05, 4.69) is 36.7 Å². The molecule has 11 heteroatoms. The first kappa shape index (κ1) is 23.7. The van der Waals surface area contributed by atoms with Gasteiger partial charge in [-0.15, -0.1) is 0 Å². The number of fused-ring (bicyclic) bond motifs is 1. The molecular weight excluding hydrogens is 524 g/mol. The Hall–Kier alpha value is -3.44. The molecule has 4 rings (SSSR count). The lowest BCUT2D eigenvalue weighted by atomic mass is 9.93. The van der Waals surface area contributed by atoms with Gasteiger partial charge in [0.2, 0.25) is 0 Å². The molecule has 9 nitrogen and oxygen atoms in total. The summed E-state index contributed by atoms with van der Waals surface area (Å²) in [5.74, 6) is -0.526. The van der Waals surface area contributed by atoms with Crippen molar-refractivity contribution < 1.29 is 22.4 Å². The van der Waals surface area contributed by atoms with Crippen LogP contribution in [0.4, 0.5) is 0 Å². The van der Waals surface area contributed by atoms with E-state index in [-0.39, 0.29) is 10.7 Å². The Morgan fingerprint density at radius 2 is 1.65 bits per heavy atom. The minimum absolute atomic E-state index is 0.0293. The number of rotatable bonds is 5. The lowest BCUT2D eigenvalue weighted by Crippen LogP contribution is -2.41. The number of hydrogen-bond donors (Lipinski definition) is 3. The van der Waals surface area contributed by atoms with Crippen molar-refractivity contribution >= 4 is 43.5 Å². The molecule has 0 saturated carbocycles. The summed E-state index contributed by atoms with van der Waals surface area (Å²) in [6, 6.07) is 14.6. The smallest absolute Gasteiger partial charge is 0.305 e. The van der Waals surface area contributed by atoms with Crippen molar-refractivity contribution in [2.75, 3.05) is 0 Å². The Balaban J connectivity index is 1.51. The highest BCUT2D eigenvalue weighted by Gasteiger charge is 2.28. The fraction of sp³-hybridized carbons (Fsp3) is 0.174. The molecule has 0 atom stereocenters. The number of hydrazine groups is 1. The molecule has 34 heavy (non-hydrogen) atoms. The number of halogens is 1. The van der Waals surface area contributed by atoms with Crippen molar-refractivity contribution in [2.45, 2.75) is 31.1 Å². The fourth-order valence-corrected chi connectivity index (χ4v) is 4.72. The minimum atomic E-state index is -3.83. The zero-order chi connectivity index (χ0) is 24.3. The number of sulfonamides is 1. The highest BCUT2D eigenvalue weighted by Crippen LogP contribution is 2.30. The lowest BCUT2D eigenvalue weighted by molar-refractivity contribution is 0.0829. The van der Waals surface area contributed by atoms with Crippen molar-refractivity contribution in [1.29, 1.82) is 0 Å². The van der Waals surface area contributed by atoms with Crippen LogP contribution in [-0.4, -0.2) is 25.9 Å². The number of benzene rings is 2. The Morgan fingerprint density at radius 1 is 0.971 bits per heavy atom. The molecule has 0 aliphatic heterocycles. The van der Waals surface area contributed by atoms with Gasteiger partial charge < -0.3 is 4.42 Å². The normalized spacial score (nSPS) is 14.4. The molecule has 176 valence electrons. The van der Waals surface area contributed by atoms with Gasteiger partial charge >= 0.3 is 5.91 Å². The third-order valence-corrected chi connectivity index (χ3v) is 7.04. The number of aryl methyl sites for hydroxylation is 1. The quantitative estimate of drug-likeness (QED) is 0.423.